The molecule has 1 atom stereocenters. The van der Waals surface area contributed by atoms with E-state index in [1.165, 1.54) is 10.0 Å². The standard InChI is InChI=1S/C18H30BrNO/c1-14(2)20-13-15(10-11-21-18(3,4)5)12-16-8-6-7-9-17(16)19/h6-9,14-15,20H,10-13H2,1-5H3. The van der Waals surface area contributed by atoms with Crippen molar-refractivity contribution >= 4 is 15.9 Å². The Labute approximate surface area is 138 Å². The molecule has 0 heterocycles. The van der Waals surface area contributed by atoms with Gasteiger partial charge in [-0.05, 0) is 57.7 Å². The zero-order valence-electron chi connectivity index (χ0n) is 14.1. The predicted molar refractivity (Wildman–Crippen MR) is 94.8 cm³/mol. The van der Waals surface area contributed by atoms with Crippen molar-refractivity contribution in [1.29, 1.82) is 0 Å². The van der Waals surface area contributed by atoms with Crippen LogP contribution in [0.1, 0.15) is 46.6 Å². The number of halogens is 1. The second kappa shape index (κ2) is 8.92. The van der Waals surface area contributed by atoms with Crippen LogP contribution in [0.4, 0.5) is 0 Å². The Bertz CT molecular complexity index is 412. The van der Waals surface area contributed by atoms with Gasteiger partial charge in [-0.15, -0.1) is 0 Å². The van der Waals surface area contributed by atoms with Gasteiger partial charge in [-0.25, -0.2) is 0 Å². The molecule has 0 fully saturated rings. The molecule has 0 aromatic heterocycles. The molecule has 0 saturated heterocycles. The minimum absolute atomic E-state index is 0.0522. The Morgan fingerprint density at radius 2 is 1.86 bits per heavy atom. The molecule has 2 nitrogen and oxygen atoms in total. The molecule has 0 amide bonds. The molecule has 0 aliphatic rings. The maximum Gasteiger partial charge on any atom is 0.0598 e. The van der Waals surface area contributed by atoms with E-state index in [0.717, 1.165) is 26.0 Å². The Balaban J connectivity index is 2.57. The number of nitrogens with one attached hydrogen (secondary N) is 1. The van der Waals surface area contributed by atoms with Crippen LogP contribution < -0.4 is 5.32 Å². The summed E-state index contributed by atoms with van der Waals surface area (Å²) in [5, 5.41) is 3.56. The summed E-state index contributed by atoms with van der Waals surface area (Å²) in [5.41, 5.74) is 1.33. The van der Waals surface area contributed by atoms with Gasteiger partial charge >= 0.3 is 0 Å². The fourth-order valence-electron chi connectivity index (χ4n) is 2.19. The monoisotopic (exact) mass is 355 g/mol. The normalized spacial score (nSPS) is 13.7. The lowest BCUT2D eigenvalue weighted by atomic mass is 9.96. The van der Waals surface area contributed by atoms with Crippen molar-refractivity contribution in [2.45, 2.75) is 59.1 Å². The van der Waals surface area contributed by atoms with E-state index < -0.39 is 0 Å². The molecule has 0 spiro atoms. The quantitative estimate of drug-likeness (QED) is 0.722. The largest absolute Gasteiger partial charge is 0.376 e. The molecule has 0 aliphatic carbocycles. The van der Waals surface area contributed by atoms with Gasteiger partial charge in [0.25, 0.3) is 0 Å². The van der Waals surface area contributed by atoms with Crippen LogP contribution >= 0.6 is 15.9 Å². The molecule has 21 heavy (non-hydrogen) atoms. The van der Waals surface area contributed by atoms with E-state index in [1.54, 1.807) is 0 Å². The van der Waals surface area contributed by atoms with Crippen LogP contribution in [0.2, 0.25) is 0 Å². The number of hydrogen-bond acceptors (Lipinski definition) is 2. The topological polar surface area (TPSA) is 21.3 Å². The van der Waals surface area contributed by atoms with Gasteiger partial charge in [0.2, 0.25) is 0 Å². The molecule has 120 valence electrons. The van der Waals surface area contributed by atoms with Crippen LogP contribution in [0.5, 0.6) is 0 Å². The zero-order valence-corrected chi connectivity index (χ0v) is 15.7. The van der Waals surface area contributed by atoms with Crippen LogP contribution in [0, 0.1) is 5.92 Å². The third-order valence-electron chi connectivity index (χ3n) is 3.34. The highest BCUT2D eigenvalue weighted by molar-refractivity contribution is 9.10. The van der Waals surface area contributed by atoms with Crippen molar-refractivity contribution in [1.82, 2.24) is 5.32 Å². The van der Waals surface area contributed by atoms with E-state index in [2.05, 4.69) is 80.1 Å². The lowest BCUT2D eigenvalue weighted by Crippen LogP contribution is -2.31. The van der Waals surface area contributed by atoms with Crippen molar-refractivity contribution in [2.24, 2.45) is 5.92 Å². The van der Waals surface area contributed by atoms with E-state index >= 15 is 0 Å². The number of benzene rings is 1. The maximum atomic E-state index is 5.90. The van der Waals surface area contributed by atoms with Gasteiger partial charge in [0.05, 0.1) is 5.60 Å². The van der Waals surface area contributed by atoms with Crippen molar-refractivity contribution in [3.05, 3.63) is 34.3 Å². The predicted octanol–water partition coefficient (Wildman–Crippen LogP) is 4.81. The summed E-state index contributed by atoms with van der Waals surface area (Å²) in [6, 6.07) is 9.02. The first-order valence-electron chi connectivity index (χ1n) is 7.88. The van der Waals surface area contributed by atoms with E-state index in [-0.39, 0.29) is 5.60 Å². The van der Waals surface area contributed by atoms with Gasteiger partial charge in [-0.2, -0.15) is 0 Å². The Morgan fingerprint density at radius 3 is 2.43 bits per heavy atom. The van der Waals surface area contributed by atoms with Crippen molar-refractivity contribution in [2.75, 3.05) is 13.2 Å². The van der Waals surface area contributed by atoms with E-state index in [0.29, 0.717) is 12.0 Å². The molecule has 1 aromatic rings. The molecule has 0 aliphatic heterocycles. The lowest BCUT2D eigenvalue weighted by molar-refractivity contribution is -0.00928. The minimum atomic E-state index is -0.0522. The fraction of sp³-hybridized carbons (Fsp3) is 0.667. The summed E-state index contributed by atoms with van der Waals surface area (Å²) in [4.78, 5) is 0. The van der Waals surface area contributed by atoms with Crippen LogP contribution in [-0.2, 0) is 11.2 Å². The third-order valence-corrected chi connectivity index (χ3v) is 4.12. The fourth-order valence-corrected chi connectivity index (χ4v) is 2.63. The van der Waals surface area contributed by atoms with Crippen molar-refractivity contribution in [3.8, 4) is 0 Å². The van der Waals surface area contributed by atoms with Crippen molar-refractivity contribution in [3.63, 3.8) is 0 Å². The molecular formula is C18H30BrNO. The smallest absolute Gasteiger partial charge is 0.0598 e. The SMILES string of the molecule is CC(C)NCC(CCOC(C)(C)C)Cc1ccccc1Br. The highest BCUT2D eigenvalue weighted by atomic mass is 79.9. The molecule has 0 saturated carbocycles. The van der Waals surface area contributed by atoms with E-state index in [4.69, 9.17) is 4.74 Å². The van der Waals surface area contributed by atoms with Gasteiger partial charge in [0.15, 0.2) is 0 Å². The summed E-state index contributed by atoms with van der Waals surface area (Å²) >= 11 is 3.65. The van der Waals surface area contributed by atoms with E-state index in [9.17, 15) is 0 Å². The highest BCUT2D eigenvalue weighted by Crippen LogP contribution is 2.21. The molecule has 0 radical (unpaired) electrons. The summed E-state index contributed by atoms with van der Waals surface area (Å²) in [6.07, 6.45) is 2.16. The summed E-state index contributed by atoms with van der Waals surface area (Å²) < 4.78 is 7.10. The summed E-state index contributed by atoms with van der Waals surface area (Å²) in [5.74, 6) is 0.591. The van der Waals surface area contributed by atoms with Crippen LogP contribution in [0.15, 0.2) is 28.7 Å². The zero-order chi connectivity index (χ0) is 15.9. The van der Waals surface area contributed by atoms with Gasteiger partial charge in [-0.3, -0.25) is 0 Å². The lowest BCUT2D eigenvalue weighted by Gasteiger charge is -2.24. The molecular weight excluding hydrogens is 326 g/mol. The average molecular weight is 356 g/mol. The van der Waals surface area contributed by atoms with Crippen LogP contribution in [0.3, 0.4) is 0 Å². The van der Waals surface area contributed by atoms with Crippen LogP contribution in [-0.4, -0.2) is 24.8 Å². The average Bonchev–Trinajstić information content (AvgIpc) is 2.36. The molecule has 1 aromatic carbocycles. The van der Waals surface area contributed by atoms with Gasteiger partial charge in [0.1, 0.15) is 0 Å². The van der Waals surface area contributed by atoms with Gasteiger partial charge in [-0.1, -0.05) is 48.0 Å². The third kappa shape index (κ3) is 8.60. The molecule has 3 heteroatoms. The first-order chi connectivity index (χ1) is 9.78. The Hall–Kier alpha value is -0.380. The highest BCUT2D eigenvalue weighted by Gasteiger charge is 2.15. The second-order valence-electron chi connectivity index (χ2n) is 6.97. The van der Waals surface area contributed by atoms with Gasteiger partial charge < -0.3 is 10.1 Å². The first-order valence-corrected chi connectivity index (χ1v) is 8.68. The van der Waals surface area contributed by atoms with Crippen molar-refractivity contribution < 1.29 is 4.74 Å². The molecule has 0 bridgehead atoms. The second-order valence-corrected chi connectivity index (χ2v) is 7.83. The molecule has 1 unspecified atom stereocenters. The molecule has 1 N–H and O–H groups in total. The minimum Gasteiger partial charge on any atom is -0.376 e. The Morgan fingerprint density at radius 1 is 1.19 bits per heavy atom. The van der Waals surface area contributed by atoms with Gasteiger partial charge in [0, 0.05) is 17.1 Å². The summed E-state index contributed by atoms with van der Waals surface area (Å²) in [7, 11) is 0. The summed E-state index contributed by atoms with van der Waals surface area (Å²) in [6.45, 7) is 12.6. The van der Waals surface area contributed by atoms with E-state index in [1.807, 2.05) is 0 Å². The van der Waals surface area contributed by atoms with Crippen LogP contribution in [0.25, 0.3) is 0 Å². The molecule has 1 rings (SSSR count). The number of rotatable bonds is 8. The first kappa shape index (κ1) is 18.7. The Kier molecular flexibility index (Phi) is 7.93. The number of hydrogen-bond donors (Lipinski definition) is 1. The maximum absolute atomic E-state index is 5.90. The number of ether oxygens (including phenoxy) is 1.